The van der Waals surface area contributed by atoms with Crippen molar-refractivity contribution in [2.75, 3.05) is 0 Å². The Balaban J connectivity index is 0.000000424. The van der Waals surface area contributed by atoms with E-state index in [9.17, 15) is 4.39 Å². The van der Waals surface area contributed by atoms with Crippen molar-refractivity contribution < 1.29 is 14.0 Å². The zero-order chi connectivity index (χ0) is 10.3. The van der Waals surface area contributed by atoms with Gasteiger partial charge < -0.3 is 0 Å². The fourth-order valence-electron chi connectivity index (χ4n) is 0.856. The summed E-state index contributed by atoms with van der Waals surface area (Å²) in [7, 11) is 0. The van der Waals surface area contributed by atoms with E-state index in [1.807, 2.05) is 19.1 Å². The summed E-state index contributed by atoms with van der Waals surface area (Å²) in [5, 5.41) is 0. The highest BCUT2D eigenvalue weighted by atomic mass is 19.1. The van der Waals surface area contributed by atoms with Crippen molar-refractivity contribution in [3.05, 3.63) is 35.1 Å². The highest BCUT2D eigenvalue weighted by Gasteiger charge is 1.95. The first-order chi connectivity index (χ1) is 6.15. The lowest BCUT2D eigenvalue weighted by molar-refractivity contribution is -0.191. The Bertz CT molecular complexity index is 302. The molecule has 0 aliphatic rings. The first-order valence-corrected chi connectivity index (χ1v) is 3.90. The summed E-state index contributed by atoms with van der Waals surface area (Å²) in [6.07, 6.45) is 1.15. The molecule has 3 heteroatoms. The molecule has 0 bridgehead atoms. The van der Waals surface area contributed by atoms with Gasteiger partial charge >= 0.3 is 6.15 Å². The van der Waals surface area contributed by atoms with Gasteiger partial charge in [0.1, 0.15) is 5.82 Å². The quantitative estimate of drug-likeness (QED) is 0.666. The first kappa shape index (κ1) is 11.5. The van der Waals surface area contributed by atoms with Gasteiger partial charge in [-0.15, -0.1) is 0 Å². The fraction of sp³-hybridized carbons (Fsp3) is 0.300. The monoisotopic (exact) mass is 182 g/mol. The number of halogens is 1. The maximum Gasteiger partial charge on any atom is 0.373 e. The molecule has 1 aromatic rings. The van der Waals surface area contributed by atoms with E-state index < -0.39 is 0 Å². The lowest BCUT2D eigenvalue weighted by Gasteiger charge is -1.98. The van der Waals surface area contributed by atoms with Crippen LogP contribution in [0.1, 0.15) is 18.1 Å². The van der Waals surface area contributed by atoms with Crippen LogP contribution in [-0.4, -0.2) is 6.15 Å². The number of hydrogen-bond donors (Lipinski definition) is 0. The maximum atomic E-state index is 12.8. The molecular weight excluding hydrogens is 171 g/mol. The predicted molar refractivity (Wildman–Crippen MR) is 45.5 cm³/mol. The van der Waals surface area contributed by atoms with Gasteiger partial charge in [0.25, 0.3) is 0 Å². The Morgan fingerprint density at radius 1 is 1.38 bits per heavy atom. The summed E-state index contributed by atoms with van der Waals surface area (Å²) in [6.45, 7) is 3.79. The molecule has 1 aromatic carbocycles. The zero-order valence-corrected chi connectivity index (χ0v) is 7.63. The largest absolute Gasteiger partial charge is 0.373 e. The van der Waals surface area contributed by atoms with Crippen LogP contribution in [0.4, 0.5) is 4.39 Å². The van der Waals surface area contributed by atoms with E-state index in [1.54, 1.807) is 13.0 Å². The summed E-state index contributed by atoms with van der Waals surface area (Å²) < 4.78 is 12.8. The average Bonchev–Trinajstić information content (AvgIpc) is 2.11. The second kappa shape index (κ2) is 6.09. The second-order valence-corrected chi connectivity index (χ2v) is 2.52. The summed E-state index contributed by atoms with van der Waals surface area (Å²) >= 11 is 0. The lowest BCUT2D eigenvalue weighted by atomic mass is 10.1. The van der Waals surface area contributed by atoms with Crippen LogP contribution < -0.4 is 0 Å². The van der Waals surface area contributed by atoms with Crippen LogP contribution in [0.5, 0.6) is 0 Å². The zero-order valence-electron chi connectivity index (χ0n) is 7.63. The van der Waals surface area contributed by atoms with Crippen molar-refractivity contribution >= 4 is 6.15 Å². The van der Waals surface area contributed by atoms with Gasteiger partial charge in [-0.05, 0) is 30.5 Å². The van der Waals surface area contributed by atoms with E-state index in [0.29, 0.717) is 0 Å². The highest BCUT2D eigenvalue weighted by molar-refractivity contribution is 5.22. The first-order valence-electron chi connectivity index (χ1n) is 3.90. The van der Waals surface area contributed by atoms with Crippen LogP contribution in [0, 0.1) is 12.7 Å². The maximum absolute atomic E-state index is 12.8. The van der Waals surface area contributed by atoms with E-state index in [-0.39, 0.29) is 12.0 Å². The third-order valence-electron chi connectivity index (χ3n) is 1.64. The lowest BCUT2D eigenvalue weighted by Crippen LogP contribution is -1.85. The Labute approximate surface area is 76.4 Å². The van der Waals surface area contributed by atoms with Crippen LogP contribution in [0.25, 0.3) is 0 Å². The number of rotatable bonds is 1. The Kier molecular flexibility index (Phi) is 5.40. The smallest absolute Gasteiger partial charge is 0.207 e. The molecule has 0 N–H and O–H groups in total. The summed E-state index contributed by atoms with van der Waals surface area (Å²) in [5.41, 5.74) is 1.78. The van der Waals surface area contributed by atoms with Gasteiger partial charge in [-0.1, -0.05) is 19.1 Å². The number of hydrogen-bond acceptors (Lipinski definition) is 2. The molecule has 0 saturated carbocycles. The molecule has 0 spiro atoms. The second-order valence-electron chi connectivity index (χ2n) is 2.52. The van der Waals surface area contributed by atoms with Crippen LogP contribution in [0.3, 0.4) is 0 Å². The molecule has 0 aromatic heterocycles. The Morgan fingerprint density at radius 2 is 1.92 bits per heavy atom. The minimum absolute atomic E-state index is 0.0978. The van der Waals surface area contributed by atoms with Gasteiger partial charge in [0.2, 0.25) is 0 Å². The van der Waals surface area contributed by atoms with Gasteiger partial charge in [0, 0.05) is 0 Å². The van der Waals surface area contributed by atoms with Gasteiger partial charge in [0.05, 0.1) is 0 Å². The number of carbonyl (C=O) groups excluding carboxylic acids is 2. The van der Waals surface area contributed by atoms with Crippen molar-refractivity contribution in [1.82, 2.24) is 0 Å². The van der Waals surface area contributed by atoms with E-state index in [0.717, 1.165) is 17.5 Å². The molecule has 0 radical (unpaired) electrons. The molecule has 2 nitrogen and oxygen atoms in total. The number of aryl methyl sites for hydroxylation is 2. The van der Waals surface area contributed by atoms with E-state index in [1.165, 1.54) is 0 Å². The third-order valence-corrected chi connectivity index (χ3v) is 1.64. The fourth-order valence-corrected chi connectivity index (χ4v) is 0.856. The molecule has 0 amide bonds. The Hall–Kier alpha value is -1.47. The van der Waals surface area contributed by atoms with E-state index in [4.69, 9.17) is 9.59 Å². The highest BCUT2D eigenvalue weighted by Crippen LogP contribution is 2.08. The number of benzene rings is 1. The topological polar surface area (TPSA) is 34.1 Å². The molecule has 70 valence electrons. The average molecular weight is 182 g/mol. The van der Waals surface area contributed by atoms with Crippen LogP contribution >= 0.6 is 0 Å². The molecular formula is C10H11FO2. The standard InChI is InChI=1S/C9H11F.CO2/c1-3-8-5-4-7(2)9(10)6-8;2-1-3/h4-6H,3H2,1-2H3;. The van der Waals surface area contributed by atoms with E-state index >= 15 is 0 Å². The molecule has 0 aliphatic carbocycles. The van der Waals surface area contributed by atoms with Crippen molar-refractivity contribution in [3.63, 3.8) is 0 Å². The SMILES string of the molecule is CCc1ccc(C)c(F)c1.O=C=O. The van der Waals surface area contributed by atoms with Crippen LogP contribution in [0.2, 0.25) is 0 Å². The van der Waals surface area contributed by atoms with Gasteiger partial charge in [-0.3, -0.25) is 0 Å². The molecule has 0 atom stereocenters. The van der Waals surface area contributed by atoms with Crippen molar-refractivity contribution in [1.29, 1.82) is 0 Å². The molecule has 0 unspecified atom stereocenters. The summed E-state index contributed by atoms with van der Waals surface area (Å²) in [6, 6.07) is 5.36. The van der Waals surface area contributed by atoms with Gasteiger partial charge in [0.15, 0.2) is 0 Å². The predicted octanol–water partition coefficient (Wildman–Crippen LogP) is 2.11. The molecule has 0 aliphatic heterocycles. The normalized spacial score (nSPS) is 8.23. The molecule has 1 rings (SSSR count). The van der Waals surface area contributed by atoms with Crippen LogP contribution in [0.15, 0.2) is 18.2 Å². The van der Waals surface area contributed by atoms with Crippen molar-refractivity contribution in [3.8, 4) is 0 Å². The van der Waals surface area contributed by atoms with Gasteiger partial charge in [-0.2, -0.15) is 9.59 Å². The molecule has 0 saturated heterocycles. The minimum Gasteiger partial charge on any atom is -0.207 e. The Morgan fingerprint density at radius 3 is 2.31 bits per heavy atom. The van der Waals surface area contributed by atoms with Crippen LogP contribution in [-0.2, 0) is 16.0 Å². The molecule has 13 heavy (non-hydrogen) atoms. The summed E-state index contributed by atoms with van der Waals surface area (Å²) in [4.78, 5) is 16.2. The van der Waals surface area contributed by atoms with Crippen molar-refractivity contribution in [2.45, 2.75) is 20.3 Å². The minimum atomic E-state index is -0.0978. The van der Waals surface area contributed by atoms with Gasteiger partial charge in [-0.25, -0.2) is 4.39 Å². The third kappa shape index (κ3) is 4.19. The molecule has 0 fully saturated rings. The summed E-state index contributed by atoms with van der Waals surface area (Å²) in [5.74, 6) is -0.0978. The molecule has 0 heterocycles. The van der Waals surface area contributed by atoms with Crippen molar-refractivity contribution in [2.24, 2.45) is 0 Å². The van der Waals surface area contributed by atoms with E-state index in [2.05, 4.69) is 0 Å².